The van der Waals surface area contributed by atoms with Crippen LogP contribution in [0.15, 0.2) is 48.5 Å². The summed E-state index contributed by atoms with van der Waals surface area (Å²) in [6.07, 6.45) is -0.461. The molecule has 0 radical (unpaired) electrons. The SMILES string of the molecule is CCN(CC)Cc1ccc(CNC(=O)c2ccc(CNC(=O)OC(C)(C)C)cc2)cc1. The second kappa shape index (κ2) is 11.5. The Labute approximate surface area is 186 Å². The molecule has 0 aliphatic rings. The maximum atomic E-state index is 12.4. The third-order valence-corrected chi connectivity index (χ3v) is 4.83. The average molecular weight is 426 g/mol. The number of rotatable bonds is 9. The highest BCUT2D eigenvalue weighted by molar-refractivity contribution is 5.94. The molecule has 2 N–H and O–H groups in total. The van der Waals surface area contributed by atoms with Crippen molar-refractivity contribution >= 4 is 12.0 Å². The van der Waals surface area contributed by atoms with Gasteiger partial charge in [-0.25, -0.2) is 4.79 Å². The number of ether oxygens (including phenoxy) is 1. The van der Waals surface area contributed by atoms with E-state index >= 15 is 0 Å². The maximum Gasteiger partial charge on any atom is 0.407 e. The van der Waals surface area contributed by atoms with E-state index in [1.54, 1.807) is 12.1 Å². The van der Waals surface area contributed by atoms with Crippen LogP contribution < -0.4 is 10.6 Å². The largest absolute Gasteiger partial charge is 0.444 e. The van der Waals surface area contributed by atoms with Crippen LogP contribution in [0.2, 0.25) is 0 Å². The van der Waals surface area contributed by atoms with Crippen molar-refractivity contribution in [2.24, 2.45) is 0 Å². The van der Waals surface area contributed by atoms with Crippen LogP contribution in [0.3, 0.4) is 0 Å². The van der Waals surface area contributed by atoms with Gasteiger partial charge in [-0.05, 0) is 62.7 Å². The van der Waals surface area contributed by atoms with Crippen LogP contribution in [0.1, 0.15) is 61.7 Å². The van der Waals surface area contributed by atoms with Gasteiger partial charge in [0.25, 0.3) is 5.91 Å². The van der Waals surface area contributed by atoms with Gasteiger partial charge in [0.2, 0.25) is 0 Å². The number of benzene rings is 2. The van der Waals surface area contributed by atoms with E-state index < -0.39 is 11.7 Å². The molecule has 0 atom stereocenters. The number of hydrogen-bond donors (Lipinski definition) is 2. The summed E-state index contributed by atoms with van der Waals surface area (Å²) in [4.78, 5) is 26.5. The lowest BCUT2D eigenvalue weighted by Gasteiger charge is -2.19. The van der Waals surface area contributed by atoms with Gasteiger partial charge in [-0.1, -0.05) is 50.2 Å². The highest BCUT2D eigenvalue weighted by Gasteiger charge is 2.15. The molecule has 6 nitrogen and oxygen atoms in total. The summed E-state index contributed by atoms with van der Waals surface area (Å²) in [7, 11) is 0. The Morgan fingerprint density at radius 2 is 1.29 bits per heavy atom. The molecule has 2 amide bonds. The van der Waals surface area contributed by atoms with Crippen LogP contribution >= 0.6 is 0 Å². The van der Waals surface area contributed by atoms with Crippen molar-refractivity contribution in [3.05, 3.63) is 70.8 Å². The summed E-state index contributed by atoms with van der Waals surface area (Å²) in [5, 5.41) is 5.66. The third kappa shape index (κ3) is 8.80. The van der Waals surface area contributed by atoms with Crippen LogP contribution in [0.5, 0.6) is 0 Å². The normalized spacial score (nSPS) is 11.3. The lowest BCUT2D eigenvalue weighted by Crippen LogP contribution is -2.32. The van der Waals surface area contributed by atoms with Crippen LogP contribution in [-0.4, -0.2) is 35.6 Å². The van der Waals surface area contributed by atoms with E-state index in [1.807, 2.05) is 32.9 Å². The van der Waals surface area contributed by atoms with Gasteiger partial charge in [-0.2, -0.15) is 0 Å². The molecular weight excluding hydrogens is 390 g/mol. The first-order valence-electron chi connectivity index (χ1n) is 10.8. The Morgan fingerprint density at radius 3 is 1.81 bits per heavy atom. The smallest absolute Gasteiger partial charge is 0.407 e. The van der Waals surface area contributed by atoms with Gasteiger partial charge < -0.3 is 15.4 Å². The van der Waals surface area contributed by atoms with Gasteiger partial charge in [-0.15, -0.1) is 0 Å². The quantitative estimate of drug-likeness (QED) is 0.621. The molecule has 0 spiro atoms. The number of carbonyl (C=O) groups excluding carboxylic acids is 2. The number of nitrogens with zero attached hydrogens (tertiary/aromatic N) is 1. The number of amides is 2. The van der Waals surface area contributed by atoms with Gasteiger partial charge in [0.15, 0.2) is 0 Å². The van der Waals surface area contributed by atoms with Crippen molar-refractivity contribution in [2.45, 2.75) is 59.9 Å². The minimum atomic E-state index is -0.530. The molecule has 0 saturated carbocycles. The van der Waals surface area contributed by atoms with Gasteiger partial charge >= 0.3 is 6.09 Å². The zero-order valence-corrected chi connectivity index (χ0v) is 19.3. The first kappa shape index (κ1) is 24.4. The molecule has 2 aromatic rings. The number of hydrogen-bond acceptors (Lipinski definition) is 4. The van der Waals surface area contributed by atoms with Crippen molar-refractivity contribution in [1.29, 1.82) is 0 Å². The Bertz CT molecular complexity index is 836. The standard InChI is InChI=1S/C25H35N3O3/c1-6-28(7-2)18-21-10-8-19(9-11-21)16-26-23(29)22-14-12-20(13-15-22)17-27-24(30)31-25(3,4)5/h8-15H,6-7,16-18H2,1-5H3,(H,26,29)(H,27,30). The topological polar surface area (TPSA) is 70.7 Å². The molecule has 0 aromatic heterocycles. The number of carbonyl (C=O) groups is 2. The van der Waals surface area contributed by atoms with Gasteiger partial charge in [0.1, 0.15) is 5.60 Å². The highest BCUT2D eigenvalue weighted by Crippen LogP contribution is 2.10. The average Bonchev–Trinajstić information content (AvgIpc) is 2.74. The predicted molar refractivity (Wildman–Crippen MR) is 124 cm³/mol. The monoisotopic (exact) mass is 425 g/mol. The molecule has 0 aliphatic heterocycles. The molecule has 31 heavy (non-hydrogen) atoms. The minimum Gasteiger partial charge on any atom is -0.444 e. The van der Waals surface area contributed by atoms with E-state index in [0.717, 1.165) is 30.8 Å². The fraction of sp³-hybridized carbons (Fsp3) is 0.440. The van der Waals surface area contributed by atoms with Crippen molar-refractivity contribution in [1.82, 2.24) is 15.5 Å². The van der Waals surface area contributed by atoms with Crippen molar-refractivity contribution < 1.29 is 14.3 Å². The Kier molecular flexibility index (Phi) is 9.06. The first-order valence-corrected chi connectivity index (χ1v) is 10.8. The van der Waals surface area contributed by atoms with Crippen LogP contribution in [0.4, 0.5) is 4.79 Å². The molecule has 6 heteroatoms. The molecule has 0 bridgehead atoms. The molecule has 2 rings (SSSR count). The fourth-order valence-electron chi connectivity index (χ4n) is 3.01. The molecule has 168 valence electrons. The third-order valence-electron chi connectivity index (χ3n) is 4.83. The zero-order valence-electron chi connectivity index (χ0n) is 19.3. The summed E-state index contributed by atoms with van der Waals surface area (Å²) in [5.41, 5.74) is 3.28. The second-order valence-electron chi connectivity index (χ2n) is 8.51. The van der Waals surface area contributed by atoms with Gasteiger partial charge in [-0.3, -0.25) is 9.69 Å². The van der Waals surface area contributed by atoms with Crippen molar-refractivity contribution in [3.63, 3.8) is 0 Å². The number of nitrogens with one attached hydrogen (secondary N) is 2. The maximum absolute atomic E-state index is 12.4. The van der Waals surface area contributed by atoms with E-state index in [4.69, 9.17) is 4.74 Å². The van der Waals surface area contributed by atoms with Crippen LogP contribution in [0, 0.1) is 0 Å². The fourth-order valence-corrected chi connectivity index (χ4v) is 3.01. The minimum absolute atomic E-state index is 0.126. The van der Waals surface area contributed by atoms with Gasteiger partial charge in [0, 0.05) is 25.2 Å². The molecule has 0 unspecified atom stereocenters. The molecule has 0 fully saturated rings. The van der Waals surface area contributed by atoms with Crippen LogP contribution in [0.25, 0.3) is 0 Å². The first-order chi connectivity index (χ1) is 14.7. The molecule has 2 aromatic carbocycles. The summed E-state index contributed by atoms with van der Waals surface area (Å²) in [6, 6.07) is 15.5. The lowest BCUT2D eigenvalue weighted by molar-refractivity contribution is 0.0523. The summed E-state index contributed by atoms with van der Waals surface area (Å²) >= 11 is 0. The Hall–Kier alpha value is -2.86. The highest BCUT2D eigenvalue weighted by atomic mass is 16.6. The van der Waals surface area contributed by atoms with E-state index in [9.17, 15) is 9.59 Å². The summed E-state index contributed by atoms with van der Waals surface area (Å²) in [5.74, 6) is -0.126. The Balaban J connectivity index is 1.81. The van der Waals surface area contributed by atoms with E-state index in [2.05, 4.69) is 53.6 Å². The van der Waals surface area contributed by atoms with E-state index in [-0.39, 0.29) is 5.91 Å². The van der Waals surface area contributed by atoms with Crippen LogP contribution in [-0.2, 0) is 24.4 Å². The molecule has 0 heterocycles. The van der Waals surface area contributed by atoms with Crippen molar-refractivity contribution in [2.75, 3.05) is 13.1 Å². The number of alkyl carbamates (subject to hydrolysis) is 1. The molecule has 0 aliphatic carbocycles. The lowest BCUT2D eigenvalue weighted by atomic mass is 10.1. The second-order valence-corrected chi connectivity index (χ2v) is 8.51. The van der Waals surface area contributed by atoms with Gasteiger partial charge in [0.05, 0.1) is 0 Å². The Morgan fingerprint density at radius 1 is 0.806 bits per heavy atom. The van der Waals surface area contributed by atoms with E-state index in [0.29, 0.717) is 18.7 Å². The predicted octanol–water partition coefficient (Wildman–Crippen LogP) is 4.48. The zero-order chi connectivity index (χ0) is 22.9. The van der Waals surface area contributed by atoms with Crippen molar-refractivity contribution in [3.8, 4) is 0 Å². The van der Waals surface area contributed by atoms with E-state index in [1.165, 1.54) is 5.56 Å². The summed E-state index contributed by atoms with van der Waals surface area (Å²) in [6.45, 7) is 13.6. The molecular formula is C25H35N3O3. The summed E-state index contributed by atoms with van der Waals surface area (Å²) < 4.78 is 5.22. The molecule has 0 saturated heterocycles.